The molecule has 0 aliphatic heterocycles. The van der Waals surface area contributed by atoms with Crippen molar-refractivity contribution in [1.82, 2.24) is 5.32 Å². The van der Waals surface area contributed by atoms with Crippen molar-refractivity contribution in [3.8, 4) is 0 Å². The molecule has 0 bridgehead atoms. The lowest BCUT2D eigenvalue weighted by Gasteiger charge is -2.16. The molecule has 6 heteroatoms. The molecule has 0 spiro atoms. The van der Waals surface area contributed by atoms with E-state index in [1.54, 1.807) is 20.0 Å². The largest absolute Gasteiger partial charge is 0.317 e. The number of rotatable bonds is 8. The minimum Gasteiger partial charge on any atom is -0.317 e. The van der Waals surface area contributed by atoms with Crippen molar-refractivity contribution in [3.05, 3.63) is 35.4 Å². The Kier molecular flexibility index (Phi) is 6.55. The molecule has 0 amide bonds. The Labute approximate surface area is 119 Å². The zero-order chi connectivity index (χ0) is 15.2. The molecule has 0 aliphatic rings. The van der Waals surface area contributed by atoms with Crippen LogP contribution in [0.4, 0.5) is 8.78 Å². The second-order valence-electron chi connectivity index (χ2n) is 4.78. The minimum atomic E-state index is -2.97. The fourth-order valence-corrected chi connectivity index (χ4v) is 2.91. The van der Waals surface area contributed by atoms with Crippen LogP contribution in [0.2, 0.25) is 0 Å². The normalized spacial score (nSPS) is 13.4. The maximum atomic E-state index is 13.6. The van der Waals surface area contributed by atoms with E-state index < -0.39 is 21.5 Å². The van der Waals surface area contributed by atoms with Crippen LogP contribution in [0.15, 0.2) is 18.2 Å². The SMILES string of the molecule is CCS(=O)(=O)CCCC(Cc1cccc(F)c1F)NC. The molecule has 1 unspecified atom stereocenters. The van der Waals surface area contributed by atoms with Gasteiger partial charge < -0.3 is 5.32 Å². The highest BCUT2D eigenvalue weighted by molar-refractivity contribution is 7.91. The molecule has 0 heterocycles. The van der Waals surface area contributed by atoms with E-state index in [1.165, 1.54) is 6.07 Å². The molecule has 1 atom stereocenters. The summed E-state index contributed by atoms with van der Waals surface area (Å²) in [6.45, 7) is 1.62. The topological polar surface area (TPSA) is 46.2 Å². The first kappa shape index (κ1) is 17.0. The molecule has 1 aromatic carbocycles. The van der Waals surface area contributed by atoms with Crippen LogP contribution in [-0.4, -0.2) is 33.0 Å². The number of halogens is 2. The van der Waals surface area contributed by atoms with Crippen LogP contribution in [0.3, 0.4) is 0 Å². The van der Waals surface area contributed by atoms with Gasteiger partial charge >= 0.3 is 0 Å². The van der Waals surface area contributed by atoms with E-state index in [-0.39, 0.29) is 17.5 Å². The lowest BCUT2D eigenvalue weighted by atomic mass is 10.0. The number of benzene rings is 1. The molecular formula is C14H21F2NO2S. The van der Waals surface area contributed by atoms with Gasteiger partial charge in [-0.2, -0.15) is 0 Å². The van der Waals surface area contributed by atoms with Gasteiger partial charge in [-0.05, 0) is 37.9 Å². The highest BCUT2D eigenvalue weighted by atomic mass is 32.2. The first-order valence-electron chi connectivity index (χ1n) is 6.70. The molecule has 114 valence electrons. The van der Waals surface area contributed by atoms with Crippen molar-refractivity contribution in [1.29, 1.82) is 0 Å². The lowest BCUT2D eigenvalue weighted by molar-refractivity contribution is 0.470. The van der Waals surface area contributed by atoms with E-state index in [9.17, 15) is 17.2 Å². The molecule has 1 rings (SSSR count). The Morgan fingerprint density at radius 1 is 1.30 bits per heavy atom. The summed E-state index contributed by atoms with van der Waals surface area (Å²) >= 11 is 0. The summed E-state index contributed by atoms with van der Waals surface area (Å²) in [5.74, 6) is -1.41. The van der Waals surface area contributed by atoms with Crippen LogP contribution < -0.4 is 5.32 Å². The molecule has 1 N–H and O–H groups in total. The van der Waals surface area contributed by atoms with Gasteiger partial charge in [-0.15, -0.1) is 0 Å². The van der Waals surface area contributed by atoms with Crippen molar-refractivity contribution in [3.63, 3.8) is 0 Å². The summed E-state index contributed by atoms with van der Waals surface area (Å²) < 4.78 is 49.5. The van der Waals surface area contributed by atoms with E-state index in [4.69, 9.17) is 0 Å². The predicted molar refractivity (Wildman–Crippen MR) is 76.5 cm³/mol. The first-order valence-corrected chi connectivity index (χ1v) is 8.52. The summed E-state index contributed by atoms with van der Waals surface area (Å²) in [5, 5.41) is 3.02. The highest BCUT2D eigenvalue weighted by Gasteiger charge is 2.14. The van der Waals surface area contributed by atoms with E-state index in [0.717, 1.165) is 6.07 Å². The van der Waals surface area contributed by atoms with Gasteiger partial charge in [0.15, 0.2) is 11.6 Å². The average molecular weight is 305 g/mol. The monoisotopic (exact) mass is 305 g/mol. The molecular weight excluding hydrogens is 284 g/mol. The third-order valence-electron chi connectivity index (χ3n) is 3.35. The smallest absolute Gasteiger partial charge is 0.162 e. The number of hydrogen-bond donors (Lipinski definition) is 1. The molecule has 1 aromatic rings. The minimum absolute atomic E-state index is 0.0710. The van der Waals surface area contributed by atoms with Crippen molar-refractivity contribution >= 4 is 9.84 Å². The molecule has 0 aromatic heterocycles. The van der Waals surface area contributed by atoms with E-state index in [1.807, 2.05) is 0 Å². The van der Waals surface area contributed by atoms with Crippen molar-refractivity contribution < 1.29 is 17.2 Å². The Bertz CT molecular complexity index is 532. The summed E-state index contributed by atoms with van der Waals surface area (Å²) in [6, 6.07) is 4.03. The zero-order valence-electron chi connectivity index (χ0n) is 11.8. The quantitative estimate of drug-likeness (QED) is 0.801. The van der Waals surface area contributed by atoms with Crippen LogP contribution in [0, 0.1) is 11.6 Å². The highest BCUT2D eigenvalue weighted by Crippen LogP contribution is 2.15. The van der Waals surface area contributed by atoms with Gasteiger partial charge in [0.05, 0.1) is 5.75 Å². The van der Waals surface area contributed by atoms with Gasteiger partial charge in [-0.1, -0.05) is 19.1 Å². The molecule has 0 saturated heterocycles. The summed E-state index contributed by atoms with van der Waals surface area (Å²) in [7, 11) is -1.24. The Morgan fingerprint density at radius 2 is 2.00 bits per heavy atom. The summed E-state index contributed by atoms with van der Waals surface area (Å²) in [6.07, 6.45) is 1.45. The Hall–Kier alpha value is -1.01. The van der Waals surface area contributed by atoms with Crippen LogP contribution in [-0.2, 0) is 16.3 Å². The number of sulfone groups is 1. The second kappa shape index (κ2) is 7.69. The van der Waals surface area contributed by atoms with Crippen LogP contribution in [0.25, 0.3) is 0 Å². The summed E-state index contributed by atoms with van der Waals surface area (Å²) in [4.78, 5) is 0. The maximum Gasteiger partial charge on any atom is 0.162 e. The summed E-state index contributed by atoms with van der Waals surface area (Å²) in [5.41, 5.74) is 0.308. The molecule has 0 radical (unpaired) electrons. The standard InChI is InChI=1S/C14H21F2NO2S/c1-3-20(18,19)9-5-7-12(17-2)10-11-6-4-8-13(15)14(11)16/h4,6,8,12,17H,3,5,7,9-10H2,1-2H3. The lowest BCUT2D eigenvalue weighted by Crippen LogP contribution is -2.28. The van der Waals surface area contributed by atoms with Crippen molar-refractivity contribution in [2.75, 3.05) is 18.6 Å². The molecule has 0 saturated carbocycles. The number of likely N-dealkylation sites (N-methyl/N-ethyl adjacent to an activating group) is 1. The maximum absolute atomic E-state index is 13.6. The fourth-order valence-electron chi connectivity index (χ4n) is 2.01. The van der Waals surface area contributed by atoms with E-state index in [2.05, 4.69) is 5.32 Å². The van der Waals surface area contributed by atoms with Gasteiger partial charge in [-0.3, -0.25) is 0 Å². The fraction of sp³-hybridized carbons (Fsp3) is 0.571. The molecule has 0 fully saturated rings. The van der Waals surface area contributed by atoms with Crippen molar-refractivity contribution in [2.24, 2.45) is 0 Å². The van der Waals surface area contributed by atoms with Gasteiger partial charge in [0.25, 0.3) is 0 Å². The molecule has 20 heavy (non-hydrogen) atoms. The van der Waals surface area contributed by atoms with Gasteiger partial charge in [0.2, 0.25) is 0 Å². The average Bonchev–Trinajstić information content (AvgIpc) is 2.42. The van der Waals surface area contributed by atoms with Crippen LogP contribution >= 0.6 is 0 Å². The third-order valence-corrected chi connectivity index (χ3v) is 5.14. The predicted octanol–water partition coefficient (Wildman–Crippen LogP) is 2.31. The van der Waals surface area contributed by atoms with Gasteiger partial charge in [-0.25, -0.2) is 17.2 Å². The Morgan fingerprint density at radius 3 is 2.60 bits per heavy atom. The molecule has 3 nitrogen and oxygen atoms in total. The first-order chi connectivity index (χ1) is 9.39. The third kappa shape index (κ3) is 5.17. The number of hydrogen-bond acceptors (Lipinski definition) is 3. The molecule has 0 aliphatic carbocycles. The van der Waals surface area contributed by atoms with Crippen LogP contribution in [0.1, 0.15) is 25.3 Å². The zero-order valence-corrected chi connectivity index (χ0v) is 12.6. The Balaban J connectivity index is 2.57. The van der Waals surface area contributed by atoms with Gasteiger partial charge in [0.1, 0.15) is 9.84 Å². The van der Waals surface area contributed by atoms with Crippen molar-refractivity contribution in [2.45, 2.75) is 32.2 Å². The van der Waals surface area contributed by atoms with Crippen LogP contribution in [0.5, 0.6) is 0 Å². The van der Waals surface area contributed by atoms with E-state index >= 15 is 0 Å². The second-order valence-corrected chi connectivity index (χ2v) is 7.25. The van der Waals surface area contributed by atoms with Gasteiger partial charge in [0, 0.05) is 11.8 Å². The number of nitrogens with one attached hydrogen (secondary N) is 1. The van der Waals surface area contributed by atoms with E-state index in [0.29, 0.717) is 24.8 Å².